The number of amides is 1. The second kappa shape index (κ2) is 10.3. The van der Waals surface area contributed by atoms with Gasteiger partial charge in [0, 0.05) is 31.6 Å². The van der Waals surface area contributed by atoms with E-state index in [9.17, 15) is 4.79 Å². The molecule has 0 spiro atoms. The molecule has 0 aliphatic carbocycles. The summed E-state index contributed by atoms with van der Waals surface area (Å²) in [6.07, 6.45) is 3.08. The number of carbonyl (C=O) groups excluding carboxylic acids is 1. The first-order chi connectivity index (χ1) is 12.7. The van der Waals surface area contributed by atoms with Crippen LogP contribution in [0.15, 0.2) is 32.3 Å². The van der Waals surface area contributed by atoms with Gasteiger partial charge in [0.1, 0.15) is 5.76 Å². The fourth-order valence-corrected chi connectivity index (χ4v) is 2.47. The van der Waals surface area contributed by atoms with E-state index in [2.05, 4.69) is 33.0 Å². The number of guanidine groups is 1. The van der Waals surface area contributed by atoms with Crippen LogP contribution in [-0.4, -0.2) is 36.7 Å². The Morgan fingerprint density at radius 2 is 1.96 bits per heavy atom. The SMILES string of the molecule is CCNC(=NCc1c(CC)noc1CC)NCCNC(=O)c1ccco1. The number of aromatic nitrogens is 1. The van der Waals surface area contributed by atoms with Crippen LogP contribution >= 0.6 is 0 Å². The van der Waals surface area contributed by atoms with Crippen molar-refractivity contribution in [2.45, 2.75) is 40.2 Å². The Morgan fingerprint density at radius 3 is 2.62 bits per heavy atom. The number of nitrogens with one attached hydrogen (secondary N) is 3. The van der Waals surface area contributed by atoms with Crippen LogP contribution in [0.5, 0.6) is 0 Å². The lowest BCUT2D eigenvalue weighted by atomic mass is 10.1. The molecule has 2 aromatic heterocycles. The molecule has 0 aliphatic heterocycles. The van der Waals surface area contributed by atoms with Crippen LogP contribution in [0.4, 0.5) is 0 Å². The van der Waals surface area contributed by atoms with E-state index in [4.69, 9.17) is 8.94 Å². The number of furan rings is 1. The fraction of sp³-hybridized carbons (Fsp3) is 0.500. The van der Waals surface area contributed by atoms with Gasteiger partial charge in [-0.1, -0.05) is 19.0 Å². The molecular formula is C18H27N5O3. The molecule has 0 unspecified atom stereocenters. The third kappa shape index (κ3) is 5.37. The second-order valence-electron chi connectivity index (χ2n) is 5.59. The predicted molar refractivity (Wildman–Crippen MR) is 99.1 cm³/mol. The van der Waals surface area contributed by atoms with Gasteiger partial charge in [0.2, 0.25) is 0 Å². The van der Waals surface area contributed by atoms with Gasteiger partial charge in [0.25, 0.3) is 5.91 Å². The van der Waals surface area contributed by atoms with Gasteiger partial charge in [-0.15, -0.1) is 0 Å². The van der Waals surface area contributed by atoms with E-state index >= 15 is 0 Å². The van der Waals surface area contributed by atoms with Crippen LogP contribution in [0.3, 0.4) is 0 Å². The van der Waals surface area contributed by atoms with Crippen molar-refractivity contribution in [1.82, 2.24) is 21.1 Å². The highest BCUT2D eigenvalue weighted by Crippen LogP contribution is 2.16. The topological polar surface area (TPSA) is 105 Å². The minimum absolute atomic E-state index is 0.233. The molecular weight excluding hydrogens is 334 g/mol. The molecule has 0 atom stereocenters. The van der Waals surface area contributed by atoms with E-state index in [0.717, 1.165) is 36.4 Å². The molecule has 0 saturated heterocycles. The van der Waals surface area contributed by atoms with Crippen molar-refractivity contribution in [3.63, 3.8) is 0 Å². The van der Waals surface area contributed by atoms with Gasteiger partial charge >= 0.3 is 0 Å². The fourth-order valence-electron chi connectivity index (χ4n) is 2.47. The summed E-state index contributed by atoms with van der Waals surface area (Å²) >= 11 is 0. The molecule has 2 heterocycles. The van der Waals surface area contributed by atoms with Gasteiger partial charge in [0.15, 0.2) is 11.7 Å². The molecule has 3 N–H and O–H groups in total. The molecule has 0 aromatic carbocycles. The molecule has 0 saturated carbocycles. The van der Waals surface area contributed by atoms with E-state index in [-0.39, 0.29) is 5.91 Å². The summed E-state index contributed by atoms with van der Waals surface area (Å²) < 4.78 is 10.4. The second-order valence-corrected chi connectivity index (χ2v) is 5.59. The molecule has 0 fully saturated rings. The van der Waals surface area contributed by atoms with Crippen molar-refractivity contribution in [3.8, 4) is 0 Å². The van der Waals surface area contributed by atoms with E-state index in [1.807, 2.05) is 13.8 Å². The average Bonchev–Trinajstić information content (AvgIpc) is 3.32. The highest BCUT2D eigenvalue weighted by molar-refractivity contribution is 5.91. The normalized spacial score (nSPS) is 11.4. The van der Waals surface area contributed by atoms with Crippen molar-refractivity contribution in [1.29, 1.82) is 0 Å². The van der Waals surface area contributed by atoms with E-state index < -0.39 is 0 Å². The molecule has 0 radical (unpaired) electrons. The van der Waals surface area contributed by atoms with E-state index in [0.29, 0.717) is 31.4 Å². The first-order valence-electron chi connectivity index (χ1n) is 8.99. The summed E-state index contributed by atoms with van der Waals surface area (Å²) in [7, 11) is 0. The van der Waals surface area contributed by atoms with Gasteiger partial charge in [-0.3, -0.25) is 4.79 Å². The van der Waals surface area contributed by atoms with Crippen molar-refractivity contribution in [2.24, 2.45) is 4.99 Å². The van der Waals surface area contributed by atoms with Crippen molar-refractivity contribution in [2.75, 3.05) is 19.6 Å². The summed E-state index contributed by atoms with van der Waals surface area (Å²) in [5, 5.41) is 13.3. The zero-order chi connectivity index (χ0) is 18.8. The van der Waals surface area contributed by atoms with E-state index in [1.165, 1.54) is 6.26 Å². The molecule has 2 rings (SSSR count). The van der Waals surface area contributed by atoms with Crippen molar-refractivity contribution >= 4 is 11.9 Å². The predicted octanol–water partition coefficient (Wildman–Crippen LogP) is 1.88. The smallest absolute Gasteiger partial charge is 0.287 e. The summed E-state index contributed by atoms with van der Waals surface area (Å²) in [6.45, 7) is 8.35. The van der Waals surface area contributed by atoms with Gasteiger partial charge in [0.05, 0.1) is 18.5 Å². The van der Waals surface area contributed by atoms with Gasteiger partial charge in [-0.2, -0.15) is 0 Å². The van der Waals surface area contributed by atoms with Crippen LogP contribution in [-0.2, 0) is 19.4 Å². The zero-order valence-electron chi connectivity index (χ0n) is 15.6. The number of aliphatic imine (C=N–C) groups is 1. The Hall–Kier alpha value is -2.77. The molecule has 26 heavy (non-hydrogen) atoms. The van der Waals surface area contributed by atoms with Crippen molar-refractivity contribution in [3.05, 3.63) is 41.2 Å². The third-order valence-electron chi connectivity index (χ3n) is 3.79. The summed E-state index contributed by atoms with van der Waals surface area (Å²) in [4.78, 5) is 16.4. The van der Waals surface area contributed by atoms with Gasteiger partial charge in [-0.05, 0) is 25.5 Å². The number of rotatable bonds is 9. The zero-order valence-corrected chi connectivity index (χ0v) is 15.6. The summed E-state index contributed by atoms with van der Waals surface area (Å²) in [5.74, 6) is 1.64. The maximum atomic E-state index is 11.8. The van der Waals surface area contributed by atoms with Crippen LogP contribution in [0.25, 0.3) is 0 Å². The Balaban J connectivity index is 1.86. The summed E-state index contributed by atoms with van der Waals surface area (Å²) in [6, 6.07) is 3.31. The number of hydrogen-bond donors (Lipinski definition) is 3. The highest BCUT2D eigenvalue weighted by atomic mass is 16.5. The number of carbonyl (C=O) groups is 1. The average molecular weight is 361 g/mol. The number of hydrogen-bond acceptors (Lipinski definition) is 5. The van der Waals surface area contributed by atoms with Gasteiger partial charge < -0.3 is 24.9 Å². The Kier molecular flexibility index (Phi) is 7.73. The van der Waals surface area contributed by atoms with Crippen LogP contribution in [0, 0.1) is 0 Å². The molecule has 2 aromatic rings. The molecule has 8 nitrogen and oxygen atoms in total. The third-order valence-corrected chi connectivity index (χ3v) is 3.79. The van der Waals surface area contributed by atoms with Crippen LogP contribution in [0.1, 0.15) is 48.3 Å². The van der Waals surface area contributed by atoms with Crippen LogP contribution < -0.4 is 16.0 Å². The lowest BCUT2D eigenvalue weighted by molar-refractivity contribution is 0.0926. The largest absolute Gasteiger partial charge is 0.459 e. The van der Waals surface area contributed by atoms with Crippen LogP contribution in [0.2, 0.25) is 0 Å². The highest BCUT2D eigenvalue weighted by Gasteiger charge is 2.13. The summed E-state index contributed by atoms with van der Waals surface area (Å²) in [5.41, 5.74) is 2.01. The molecule has 0 bridgehead atoms. The maximum Gasteiger partial charge on any atom is 0.287 e. The molecule has 1 amide bonds. The lowest BCUT2D eigenvalue weighted by Crippen LogP contribution is -2.41. The monoisotopic (exact) mass is 361 g/mol. The first kappa shape index (κ1) is 19.6. The minimum atomic E-state index is -0.233. The Bertz CT molecular complexity index is 685. The first-order valence-corrected chi connectivity index (χ1v) is 8.99. The van der Waals surface area contributed by atoms with Crippen molar-refractivity contribution < 1.29 is 13.7 Å². The number of aryl methyl sites for hydroxylation is 2. The Labute approximate surface area is 153 Å². The lowest BCUT2D eigenvalue weighted by Gasteiger charge is -2.11. The standard InChI is InChI=1S/C18H27N5O3/c1-4-14-13(15(5-2)26-23-14)12-22-18(19-6-3)21-10-9-20-17(24)16-8-7-11-25-16/h7-8,11H,4-6,9-10,12H2,1-3H3,(H,20,24)(H2,19,21,22). The minimum Gasteiger partial charge on any atom is -0.459 e. The molecule has 8 heteroatoms. The molecule has 142 valence electrons. The Morgan fingerprint density at radius 1 is 1.15 bits per heavy atom. The molecule has 0 aliphatic rings. The maximum absolute atomic E-state index is 11.8. The number of nitrogens with zero attached hydrogens (tertiary/aromatic N) is 2. The quantitative estimate of drug-likeness (QED) is 0.358. The van der Waals surface area contributed by atoms with E-state index in [1.54, 1.807) is 12.1 Å². The van der Waals surface area contributed by atoms with Gasteiger partial charge in [-0.25, -0.2) is 4.99 Å².